The fourth-order valence-electron chi connectivity index (χ4n) is 4.88. The number of fused-ring (bicyclic) bond motifs is 7. The van der Waals surface area contributed by atoms with Gasteiger partial charge in [0, 0.05) is 16.3 Å². The molecule has 0 atom stereocenters. The summed E-state index contributed by atoms with van der Waals surface area (Å²) < 4.78 is 25.2. The second kappa shape index (κ2) is 6.97. The van der Waals surface area contributed by atoms with E-state index in [1.54, 1.807) is 0 Å². The highest BCUT2D eigenvalue weighted by molar-refractivity contribution is 6.62. The summed E-state index contributed by atoms with van der Waals surface area (Å²) in [7, 11) is -0.402. The fraction of sp³-hybridized carbons (Fsp3) is 0.207. The molecule has 0 saturated carbocycles. The van der Waals surface area contributed by atoms with Gasteiger partial charge in [-0.2, -0.15) is 0 Å². The molecule has 0 spiro atoms. The molecule has 4 aromatic carbocycles. The third-order valence-electron chi connectivity index (χ3n) is 7.54. The summed E-state index contributed by atoms with van der Waals surface area (Å²) in [6, 6.07) is 24.4. The lowest BCUT2D eigenvalue weighted by Crippen LogP contribution is -2.41. The van der Waals surface area contributed by atoms with Gasteiger partial charge in [0.15, 0.2) is 5.58 Å². The Kier molecular flexibility index (Phi) is 4.13. The topological polar surface area (TPSA) is 57.6 Å². The molecule has 2 aromatic heterocycles. The fourth-order valence-corrected chi connectivity index (χ4v) is 4.88. The molecular formula is C29H24BNO4. The quantitative estimate of drug-likeness (QED) is 0.264. The van der Waals surface area contributed by atoms with Crippen molar-refractivity contribution < 1.29 is 18.1 Å². The minimum absolute atomic E-state index is 0.379. The van der Waals surface area contributed by atoms with Gasteiger partial charge in [-0.3, -0.25) is 0 Å². The molecule has 1 aliphatic heterocycles. The van der Waals surface area contributed by atoms with Gasteiger partial charge >= 0.3 is 7.12 Å². The summed E-state index contributed by atoms with van der Waals surface area (Å²) in [5, 5.41) is 4.07. The van der Waals surface area contributed by atoms with Crippen LogP contribution in [0, 0.1) is 0 Å². The average molecular weight is 461 g/mol. The van der Waals surface area contributed by atoms with E-state index in [1.165, 1.54) is 0 Å². The Morgan fingerprint density at radius 2 is 1.46 bits per heavy atom. The van der Waals surface area contributed by atoms with Crippen LogP contribution in [0.3, 0.4) is 0 Å². The van der Waals surface area contributed by atoms with Crippen LogP contribution in [0.2, 0.25) is 0 Å². The maximum atomic E-state index is 6.37. The first-order chi connectivity index (χ1) is 16.8. The Labute approximate surface area is 202 Å². The molecular weight excluding hydrogens is 437 g/mol. The summed E-state index contributed by atoms with van der Waals surface area (Å²) in [6.45, 7) is 8.28. The zero-order valence-electron chi connectivity index (χ0n) is 20.1. The van der Waals surface area contributed by atoms with E-state index in [1.807, 2.05) is 42.5 Å². The van der Waals surface area contributed by atoms with Gasteiger partial charge in [-0.1, -0.05) is 42.5 Å². The Hall–Kier alpha value is -3.61. The third-order valence-corrected chi connectivity index (χ3v) is 7.54. The van der Waals surface area contributed by atoms with Crippen molar-refractivity contribution in [2.45, 2.75) is 38.9 Å². The Bertz CT molecular complexity index is 1750. The van der Waals surface area contributed by atoms with Crippen LogP contribution in [-0.2, 0) is 9.31 Å². The number of hydrogen-bond donors (Lipinski definition) is 0. The summed E-state index contributed by atoms with van der Waals surface area (Å²) >= 11 is 0. The molecule has 6 aromatic rings. The average Bonchev–Trinajstić information content (AvgIpc) is 3.50. The van der Waals surface area contributed by atoms with E-state index in [2.05, 4.69) is 58.0 Å². The molecule has 1 aliphatic rings. The zero-order valence-corrected chi connectivity index (χ0v) is 20.1. The summed E-state index contributed by atoms with van der Waals surface area (Å²) in [5.41, 5.74) is 4.37. The SMILES string of the molecule is CC1(C)OB(c2ccc3c(ccc4c3oc3ccc5nc(-c6ccccc6)oc5c34)c2)OC1(C)C. The molecule has 0 radical (unpaired) electrons. The lowest BCUT2D eigenvalue weighted by Gasteiger charge is -2.32. The van der Waals surface area contributed by atoms with Crippen molar-refractivity contribution in [1.82, 2.24) is 4.98 Å². The van der Waals surface area contributed by atoms with E-state index in [0.29, 0.717) is 5.89 Å². The smallest absolute Gasteiger partial charge is 0.455 e. The van der Waals surface area contributed by atoms with Crippen molar-refractivity contribution in [3.8, 4) is 11.5 Å². The van der Waals surface area contributed by atoms with Crippen molar-refractivity contribution in [3.63, 3.8) is 0 Å². The summed E-state index contributed by atoms with van der Waals surface area (Å²) in [4.78, 5) is 4.72. The van der Waals surface area contributed by atoms with Gasteiger partial charge < -0.3 is 18.1 Å². The van der Waals surface area contributed by atoms with E-state index in [9.17, 15) is 0 Å². The minimum Gasteiger partial charge on any atom is -0.455 e. The van der Waals surface area contributed by atoms with Crippen LogP contribution < -0.4 is 5.46 Å². The lowest BCUT2D eigenvalue weighted by molar-refractivity contribution is 0.00578. The van der Waals surface area contributed by atoms with Gasteiger partial charge in [0.25, 0.3) is 0 Å². The third kappa shape index (κ3) is 3.00. The molecule has 1 fully saturated rings. The van der Waals surface area contributed by atoms with Crippen molar-refractivity contribution in [2.75, 3.05) is 0 Å². The molecule has 3 heterocycles. The molecule has 0 amide bonds. The predicted octanol–water partition coefficient (Wildman–Crippen LogP) is 6.85. The number of furan rings is 1. The van der Waals surface area contributed by atoms with Crippen LogP contribution in [0.15, 0.2) is 81.6 Å². The normalized spacial score (nSPS) is 17.3. The molecule has 0 bridgehead atoms. The van der Waals surface area contributed by atoms with E-state index in [4.69, 9.17) is 23.1 Å². The van der Waals surface area contributed by atoms with Crippen LogP contribution in [0.5, 0.6) is 0 Å². The van der Waals surface area contributed by atoms with Crippen LogP contribution in [0.1, 0.15) is 27.7 Å². The highest BCUT2D eigenvalue weighted by Crippen LogP contribution is 2.40. The number of oxazole rings is 1. The van der Waals surface area contributed by atoms with Gasteiger partial charge in [-0.15, -0.1) is 0 Å². The monoisotopic (exact) mass is 461 g/mol. The van der Waals surface area contributed by atoms with Gasteiger partial charge in [-0.25, -0.2) is 4.98 Å². The summed E-state index contributed by atoms with van der Waals surface area (Å²) in [5.74, 6) is 0.607. The summed E-state index contributed by atoms with van der Waals surface area (Å²) in [6.07, 6.45) is 0. The van der Waals surface area contributed by atoms with E-state index in [0.717, 1.165) is 54.8 Å². The molecule has 0 unspecified atom stereocenters. The first-order valence-corrected chi connectivity index (χ1v) is 11.9. The molecule has 172 valence electrons. The van der Waals surface area contributed by atoms with Gasteiger partial charge in [0.1, 0.15) is 16.7 Å². The molecule has 5 nitrogen and oxygen atoms in total. The van der Waals surface area contributed by atoms with Crippen LogP contribution in [-0.4, -0.2) is 23.3 Å². The standard InChI is InChI=1S/C29H24BNO4/c1-28(2)29(3,4)35-30(34-28)19-11-13-20-18(16-19)10-12-21-24-23(32-25(20)21)15-14-22-26(24)33-27(31-22)17-8-6-5-7-9-17/h5-16H,1-4H3. The van der Waals surface area contributed by atoms with E-state index < -0.39 is 7.12 Å². The van der Waals surface area contributed by atoms with Crippen LogP contribution in [0.25, 0.3) is 55.3 Å². The molecule has 7 rings (SSSR count). The first-order valence-electron chi connectivity index (χ1n) is 11.9. The molecule has 0 N–H and O–H groups in total. The van der Waals surface area contributed by atoms with Crippen molar-refractivity contribution >= 4 is 56.4 Å². The van der Waals surface area contributed by atoms with Gasteiger partial charge in [-0.05, 0) is 68.9 Å². The van der Waals surface area contributed by atoms with Crippen LogP contribution in [0.4, 0.5) is 0 Å². The Morgan fingerprint density at radius 1 is 0.714 bits per heavy atom. The molecule has 35 heavy (non-hydrogen) atoms. The number of benzene rings is 4. The highest BCUT2D eigenvalue weighted by atomic mass is 16.7. The number of nitrogens with zero attached hydrogens (tertiary/aromatic N) is 1. The van der Waals surface area contributed by atoms with E-state index >= 15 is 0 Å². The Balaban J connectivity index is 1.38. The number of hydrogen-bond acceptors (Lipinski definition) is 5. The number of aromatic nitrogens is 1. The van der Waals surface area contributed by atoms with Gasteiger partial charge in [0.05, 0.1) is 16.6 Å². The molecule has 0 aliphatic carbocycles. The maximum absolute atomic E-state index is 6.37. The zero-order chi connectivity index (χ0) is 23.9. The molecule has 1 saturated heterocycles. The largest absolute Gasteiger partial charge is 0.494 e. The second-order valence-electron chi connectivity index (χ2n) is 10.3. The maximum Gasteiger partial charge on any atom is 0.494 e. The first kappa shape index (κ1) is 20.7. The van der Waals surface area contributed by atoms with Crippen molar-refractivity contribution in [3.05, 3.63) is 72.8 Å². The minimum atomic E-state index is -0.402. The predicted molar refractivity (Wildman–Crippen MR) is 140 cm³/mol. The van der Waals surface area contributed by atoms with Crippen molar-refractivity contribution in [2.24, 2.45) is 0 Å². The number of rotatable bonds is 2. The lowest BCUT2D eigenvalue weighted by atomic mass is 9.78. The van der Waals surface area contributed by atoms with Crippen molar-refractivity contribution in [1.29, 1.82) is 0 Å². The Morgan fingerprint density at radius 3 is 2.23 bits per heavy atom. The highest BCUT2D eigenvalue weighted by Gasteiger charge is 2.51. The molecule has 6 heteroatoms. The van der Waals surface area contributed by atoms with E-state index in [-0.39, 0.29) is 11.2 Å². The second-order valence-corrected chi connectivity index (χ2v) is 10.3. The van der Waals surface area contributed by atoms with Gasteiger partial charge in [0.2, 0.25) is 5.89 Å². The van der Waals surface area contributed by atoms with Crippen LogP contribution >= 0.6 is 0 Å².